The van der Waals surface area contributed by atoms with E-state index in [1.54, 1.807) is 7.11 Å². The minimum atomic E-state index is 0.0290. The lowest BCUT2D eigenvalue weighted by molar-refractivity contribution is -0.922. The Balaban J connectivity index is 1.60. The van der Waals surface area contributed by atoms with Crippen LogP contribution in [0.3, 0.4) is 0 Å². The number of nitrogens with zero attached hydrogens (tertiary/aromatic N) is 1. The fraction of sp³-hybridized carbons (Fsp3) is 0.560. The van der Waals surface area contributed by atoms with Crippen molar-refractivity contribution in [1.82, 2.24) is 0 Å². The van der Waals surface area contributed by atoms with Gasteiger partial charge in [-0.2, -0.15) is 0 Å². The number of benzene rings is 1. The van der Waals surface area contributed by atoms with E-state index in [9.17, 15) is 4.79 Å². The van der Waals surface area contributed by atoms with Gasteiger partial charge in [-0.3, -0.25) is 4.79 Å². The van der Waals surface area contributed by atoms with E-state index in [1.165, 1.54) is 11.1 Å². The van der Waals surface area contributed by atoms with E-state index in [1.807, 2.05) is 6.08 Å². The molecular weight excluding hydrogens is 378 g/mol. The van der Waals surface area contributed by atoms with Gasteiger partial charge in [0, 0.05) is 6.42 Å². The monoisotopic (exact) mass is 412 g/mol. The molecule has 0 N–H and O–H groups in total. The highest BCUT2D eigenvalue weighted by atomic mass is 16.7. The molecular formula is C25H34NO4+. The summed E-state index contributed by atoms with van der Waals surface area (Å²) in [6.07, 6.45) is 9.81. The first kappa shape index (κ1) is 21.0. The zero-order chi connectivity index (χ0) is 21.5. The summed E-state index contributed by atoms with van der Waals surface area (Å²) < 4.78 is 17.8. The van der Waals surface area contributed by atoms with E-state index in [2.05, 4.69) is 46.2 Å². The van der Waals surface area contributed by atoms with Crippen LogP contribution < -0.4 is 14.2 Å². The summed E-state index contributed by atoms with van der Waals surface area (Å²) in [5, 5.41) is 0. The van der Waals surface area contributed by atoms with Crippen LogP contribution in [-0.2, 0) is 11.2 Å². The summed E-state index contributed by atoms with van der Waals surface area (Å²) in [6.45, 7) is 5.66. The average molecular weight is 413 g/mol. The van der Waals surface area contributed by atoms with Gasteiger partial charge in [0.15, 0.2) is 17.3 Å². The van der Waals surface area contributed by atoms with Crippen LogP contribution in [0.25, 0.3) is 0 Å². The summed E-state index contributed by atoms with van der Waals surface area (Å²) in [4.78, 5) is 13.0. The number of methoxy groups -OCH3 is 1. The molecule has 0 saturated carbocycles. The summed E-state index contributed by atoms with van der Waals surface area (Å²) in [5.41, 5.74) is 3.77. The molecule has 0 bridgehead atoms. The third kappa shape index (κ3) is 3.87. The zero-order valence-corrected chi connectivity index (χ0v) is 18.9. The number of fused-ring (bicyclic) bond motifs is 2. The maximum absolute atomic E-state index is 13.0. The standard InChI is InChI=1S/C25H34NO4/c1-16-6-7-18(17(2)12-16)8-9-20(27)14-21-23-19(10-11-26(21,3)4)13-22-24(25(23)28-5)30-15-29-22/h6,8-9,13,17-18,21H,7,10-12,14-15H2,1-5H3/q+1/b9-8+/t17-,18+,21-/m0/s1. The van der Waals surface area contributed by atoms with Crippen molar-refractivity contribution < 1.29 is 23.5 Å². The van der Waals surface area contributed by atoms with Gasteiger partial charge in [-0.15, -0.1) is 0 Å². The van der Waals surface area contributed by atoms with Crippen LogP contribution in [0.1, 0.15) is 50.3 Å². The smallest absolute Gasteiger partial charge is 0.231 e. The Hall–Kier alpha value is -2.27. The predicted molar refractivity (Wildman–Crippen MR) is 117 cm³/mol. The molecule has 5 nitrogen and oxygen atoms in total. The first-order valence-electron chi connectivity index (χ1n) is 11.0. The van der Waals surface area contributed by atoms with Crippen LogP contribution >= 0.6 is 0 Å². The maximum atomic E-state index is 13.0. The molecule has 0 radical (unpaired) electrons. The van der Waals surface area contributed by atoms with Gasteiger partial charge in [0.05, 0.1) is 39.7 Å². The summed E-state index contributed by atoms with van der Waals surface area (Å²) >= 11 is 0. The van der Waals surface area contributed by atoms with Crippen molar-refractivity contribution in [1.29, 1.82) is 0 Å². The van der Waals surface area contributed by atoms with E-state index in [0.717, 1.165) is 47.4 Å². The molecule has 1 aromatic carbocycles. The Bertz CT molecular complexity index is 899. The molecule has 5 heteroatoms. The third-order valence-corrected chi connectivity index (χ3v) is 7.12. The predicted octanol–water partition coefficient (Wildman–Crippen LogP) is 4.61. The Morgan fingerprint density at radius 2 is 2.13 bits per heavy atom. The van der Waals surface area contributed by atoms with Gasteiger partial charge in [0.1, 0.15) is 6.04 Å². The van der Waals surface area contributed by atoms with Gasteiger partial charge >= 0.3 is 0 Å². The number of quaternary nitrogens is 1. The van der Waals surface area contributed by atoms with Gasteiger partial charge in [-0.1, -0.05) is 24.6 Å². The largest absolute Gasteiger partial charge is 0.492 e. The molecule has 3 atom stereocenters. The van der Waals surface area contributed by atoms with Crippen LogP contribution in [-0.4, -0.2) is 44.8 Å². The van der Waals surface area contributed by atoms with Crippen molar-refractivity contribution in [3.05, 3.63) is 41.0 Å². The molecule has 0 unspecified atom stereocenters. The number of ether oxygens (including phenoxy) is 3. The van der Waals surface area contributed by atoms with Crippen LogP contribution in [0.5, 0.6) is 17.2 Å². The van der Waals surface area contributed by atoms with Gasteiger partial charge in [-0.05, 0) is 49.3 Å². The van der Waals surface area contributed by atoms with Crippen molar-refractivity contribution in [3.8, 4) is 17.2 Å². The lowest BCUT2D eigenvalue weighted by Crippen LogP contribution is -2.48. The molecule has 1 aromatic rings. The Morgan fingerprint density at radius 1 is 1.33 bits per heavy atom. The van der Waals surface area contributed by atoms with E-state index >= 15 is 0 Å². The second kappa shape index (κ2) is 8.10. The number of rotatable bonds is 5. The van der Waals surface area contributed by atoms with E-state index in [0.29, 0.717) is 24.0 Å². The van der Waals surface area contributed by atoms with E-state index in [4.69, 9.17) is 14.2 Å². The lowest BCUT2D eigenvalue weighted by atomic mass is 9.80. The average Bonchev–Trinajstić information content (AvgIpc) is 3.16. The number of likely N-dealkylation sites (N-methyl/N-ethyl adjacent to an activating group) is 1. The fourth-order valence-corrected chi connectivity index (χ4v) is 5.19. The molecule has 4 rings (SSSR count). The first-order chi connectivity index (χ1) is 14.3. The van der Waals surface area contributed by atoms with Crippen LogP contribution in [0.2, 0.25) is 0 Å². The minimum Gasteiger partial charge on any atom is -0.492 e. The second-order valence-electron chi connectivity index (χ2n) is 9.65. The molecule has 0 amide bonds. The van der Waals surface area contributed by atoms with Gasteiger partial charge < -0.3 is 18.7 Å². The fourth-order valence-electron chi connectivity index (χ4n) is 5.19. The molecule has 0 aromatic heterocycles. The van der Waals surface area contributed by atoms with E-state index in [-0.39, 0.29) is 18.6 Å². The first-order valence-corrected chi connectivity index (χ1v) is 11.0. The van der Waals surface area contributed by atoms with Gasteiger partial charge in [-0.25, -0.2) is 0 Å². The van der Waals surface area contributed by atoms with Crippen molar-refractivity contribution in [3.63, 3.8) is 0 Å². The Morgan fingerprint density at radius 3 is 2.87 bits per heavy atom. The number of hydrogen-bond acceptors (Lipinski definition) is 4. The molecule has 30 heavy (non-hydrogen) atoms. The highest BCUT2D eigenvalue weighted by Gasteiger charge is 2.42. The number of carbonyl (C=O) groups is 1. The zero-order valence-electron chi connectivity index (χ0n) is 18.9. The van der Waals surface area contributed by atoms with E-state index < -0.39 is 0 Å². The maximum Gasteiger partial charge on any atom is 0.231 e. The van der Waals surface area contributed by atoms with Crippen molar-refractivity contribution >= 4 is 5.78 Å². The molecule has 3 aliphatic rings. The SMILES string of the molecule is COc1c2c(cc3c1[C@H](CC(=O)/C=C/[C@H]1CC=C(C)C[C@@H]1C)[N+](C)(C)CC3)OCO2. The second-order valence-corrected chi connectivity index (χ2v) is 9.65. The van der Waals surface area contributed by atoms with Crippen molar-refractivity contribution in [2.24, 2.45) is 11.8 Å². The Labute approximate surface area is 179 Å². The summed E-state index contributed by atoms with van der Waals surface area (Å²) in [6, 6.07) is 2.10. The Kier molecular flexibility index (Phi) is 5.67. The van der Waals surface area contributed by atoms with Gasteiger partial charge in [0.25, 0.3) is 0 Å². The van der Waals surface area contributed by atoms with Crippen LogP contribution in [0.4, 0.5) is 0 Å². The molecule has 0 saturated heterocycles. The highest BCUT2D eigenvalue weighted by molar-refractivity contribution is 5.90. The number of hydrogen-bond donors (Lipinski definition) is 0. The quantitative estimate of drug-likeness (QED) is 0.403. The third-order valence-electron chi connectivity index (χ3n) is 7.12. The number of carbonyl (C=O) groups excluding carboxylic acids is 1. The normalized spacial score (nSPS) is 27.0. The molecule has 162 valence electrons. The van der Waals surface area contributed by atoms with Crippen molar-refractivity contribution in [2.45, 2.75) is 45.6 Å². The summed E-state index contributed by atoms with van der Waals surface area (Å²) in [7, 11) is 6.07. The molecule has 2 aliphatic heterocycles. The number of allylic oxidation sites excluding steroid dienone is 4. The number of ketones is 1. The lowest BCUT2D eigenvalue weighted by Gasteiger charge is -2.43. The molecule has 0 spiro atoms. The topological polar surface area (TPSA) is 44.8 Å². The molecule has 1 aliphatic carbocycles. The van der Waals surface area contributed by atoms with Crippen LogP contribution in [0, 0.1) is 11.8 Å². The van der Waals surface area contributed by atoms with Gasteiger partial charge in [0.2, 0.25) is 12.5 Å². The summed E-state index contributed by atoms with van der Waals surface area (Å²) in [5.74, 6) is 3.36. The minimum absolute atomic E-state index is 0.0290. The molecule has 2 heterocycles. The molecule has 0 fully saturated rings. The van der Waals surface area contributed by atoms with Crippen LogP contribution in [0.15, 0.2) is 29.9 Å². The van der Waals surface area contributed by atoms with Crippen molar-refractivity contribution in [2.75, 3.05) is 34.5 Å². The highest BCUT2D eigenvalue weighted by Crippen LogP contribution is 2.51.